The van der Waals surface area contributed by atoms with Crippen LogP contribution >= 0.6 is 0 Å². The Hall–Kier alpha value is -3.61. The molecule has 0 N–H and O–H groups in total. The number of carbonyl (C=O) groups is 3. The third kappa shape index (κ3) is 4.20. The van der Waals surface area contributed by atoms with Gasteiger partial charge in [0, 0.05) is 16.7 Å². The first-order valence-electron chi connectivity index (χ1n) is 8.22. The lowest BCUT2D eigenvalue weighted by atomic mass is 10.1. The molecule has 0 saturated heterocycles. The molecule has 142 valence electrons. The van der Waals surface area contributed by atoms with Crippen LogP contribution in [0.15, 0.2) is 59.0 Å². The van der Waals surface area contributed by atoms with Crippen molar-refractivity contribution in [2.24, 2.45) is 0 Å². The van der Waals surface area contributed by atoms with Gasteiger partial charge in [-0.3, -0.25) is 9.59 Å². The number of carbonyl (C=O) groups excluding carboxylic acids is 3. The highest BCUT2D eigenvalue weighted by molar-refractivity contribution is 5.99. The quantitative estimate of drug-likeness (QED) is 0.463. The van der Waals surface area contributed by atoms with E-state index in [1.54, 1.807) is 30.3 Å². The van der Waals surface area contributed by atoms with Crippen LogP contribution in [-0.4, -0.2) is 24.1 Å². The molecule has 0 fully saturated rings. The average Bonchev–Trinajstić information content (AvgIpc) is 3.18. The molecule has 2 aromatic carbocycles. The maximum atomic E-state index is 13.2. The third-order valence-electron chi connectivity index (χ3n) is 3.96. The number of esters is 1. The SMILES string of the molecule is CC(=O)c1ccc(-c2ccc(C(=O)OCC(=O)c3ccc(F)c(F)c3)o2)cc1. The van der Waals surface area contributed by atoms with Gasteiger partial charge in [-0.2, -0.15) is 0 Å². The molecule has 0 unspecified atom stereocenters. The van der Waals surface area contributed by atoms with Gasteiger partial charge in [0.1, 0.15) is 5.76 Å². The Kier molecular flexibility index (Phi) is 5.44. The second-order valence-electron chi connectivity index (χ2n) is 5.93. The molecule has 0 aliphatic carbocycles. The summed E-state index contributed by atoms with van der Waals surface area (Å²) in [6.45, 7) is 0.810. The molecule has 0 radical (unpaired) electrons. The predicted molar refractivity (Wildman–Crippen MR) is 95.1 cm³/mol. The number of ketones is 2. The molecule has 5 nitrogen and oxygen atoms in total. The summed E-state index contributed by atoms with van der Waals surface area (Å²) in [5.41, 5.74) is 1.09. The number of rotatable bonds is 6. The van der Waals surface area contributed by atoms with Crippen molar-refractivity contribution < 1.29 is 32.3 Å². The minimum Gasteiger partial charge on any atom is -0.451 e. The molecule has 0 bridgehead atoms. The van der Waals surface area contributed by atoms with Crippen molar-refractivity contribution in [1.82, 2.24) is 0 Å². The molecule has 0 saturated carbocycles. The van der Waals surface area contributed by atoms with Gasteiger partial charge in [0.25, 0.3) is 0 Å². The van der Waals surface area contributed by atoms with Crippen LogP contribution in [0.3, 0.4) is 0 Å². The lowest BCUT2D eigenvalue weighted by Crippen LogP contribution is -2.14. The number of furan rings is 1. The van der Waals surface area contributed by atoms with E-state index in [9.17, 15) is 23.2 Å². The molecule has 0 atom stereocenters. The minimum absolute atomic E-state index is 0.0686. The van der Waals surface area contributed by atoms with Crippen molar-refractivity contribution in [3.05, 3.63) is 83.1 Å². The standard InChI is InChI=1S/C21H14F2O5/c1-12(24)13-2-4-14(5-3-13)19-8-9-20(28-19)21(26)27-11-18(25)15-6-7-16(22)17(23)10-15/h2-10H,11H2,1H3. The van der Waals surface area contributed by atoms with Gasteiger partial charge in [-0.05, 0) is 37.3 Å². The number of Topliss-reactive ketones (excluding diaryl/α,β-unsaturated/α-hetero) is 2. The van der Waals surface area contributed by atoms with E-state index in [0.717, 1.165) is 18.2 Å². The average molecular weight is 384 g/mol. The molecule has 0 aliphatic rings. The topological polar surface area (TPSA) is 73.6 Å². The monoisotopic (exact) mass is 384 g/mol. The first kappa shape index (κ1) is 19.2. The van der Waals surface area contributed by atoms with Gasteiger partial charge in [0.15, 0.2) is 29.8 Å². The van der Waals surface area contributed by atoms with Crippen molar-refractivity contribution in [1.29, 1.82) is 0 Å². The Morgan fingerprint density at radius 3 is 2.21 bits per heavy atom. The van der Waals surface area contributed by atoms with Crippen LogP contribution in [0.2, 0.25) is 0 Å². The fourth-order valence-electron chi connectivity index (χ4n) is 2.43. The van der Waals surface area contributed by atoms with Crippen LogP contribution in [0.25, 0.3) is 11.3 Å². The van der Waals surface area contributed by atoms with Gasteiger partial charge in [-0.25, -0.2) is 13.6 Å². The molecular formula is C21H14F2O5. The second kappa shape index (κ2) is 7.96. The summed E-state index contributed by atoms with van der Waals surface area (Å²) in [6, 6.07) is 12.2. The number of ether oxygens (including phenoxy) is 1. The van der Waals surface area contributed by atoms with Crippen molar-refractivity contribution in [3.8, 4) is 11.3 Å². The zero-order chi connectivity index (χ0) is 20.3. The summed E-state index contributed by atoms with van der Waals surface area (Å²) >= 11 is 0. The molecule has 0 amide bonds. The van der Waals surface area contributed by atoms with Crippen molar-refractivity contribution in [2.45, 2.75) is 6.92 Å². The van der Waals surface area contributed by atoms with Gasteiger partial charge >= 0.3 is 5.97 Å². The molecule has 0 aliphatic heterocycles. The van der Waals surface area contributed by atoms with Gasteiger partial charge in [-0.1, -0.05) is 24.3 Å². The van der Waals surface area contributed by atoms with E-state index in [4.69, 9.17) is 9.15 Å². The Labute approximate surface area is 158 Å². The molecule has 7 heteroatoms. The highest BCUT2D eigenvalue weighted by Gasteiger charge is 2.17. The van der Waals surface area contributed by atoms with Crippen LogP contribution in [0.1, 0.15) is 38.2 Å². The van der Waals surface area contributed by atoms with Crippen LogP contribution in [0, 0.1) is 11.6 Å². The summed E-state index contributed by atoms with van der Waals surface area (Å²) in [5, 5.41) is 0. The van der Waals surface area contributed by atoms with E-state index < -0.39 is 30.0 Å². The molecule has 3 aromatic rings. The molecule has 3 rings (SSSR count). The molecule has 1 aromatic heterocycles. The first-order chi connectivity index (χ1) is 13.3. The van der Waals surface area contributed by atoms with Crippen molar-refractivity contribution in [3.63, 3.8) is 0 Å². The van der Waals surface area contributed by atoms with Gasteiger partial charge in [-0.15, -0.1) is 0 Å². The van der Waals surface area contributed by atoms with Crippen molar-refractivity contribution in [2.75, 3.05) is 6.61 Å². The smallest absolute Gasteiger partial charge is 0.374 e. The van der Waals surface area contributed by atoms with E-state index in [-0.39, 0.29) is 17.1 Å². The second-order valence-corrected chi connectivity index (χ2v) is 5.93. The van der Waals surface area contributed by atoms with E-state index >= 15 is 0 Å². The molecule has 1 heterocycles. The molecular weight excluding hydrogens is 370 g/mol. The third-order valence-corrected chi connectivity index (χ3v) is 3.96. The largest absolute Gasteiger partial charge is 0.451 e. The fourth-order valence-corrected chi connectivity index (χ4v) is 2.43. The van der Waals surface area contributed by atoms with Crippen LogP contribution in [0.4, 0.5) is 8.78 Å². The van der Waals surface area contributed by atoms with E-state index in [1.807, 2.05) is 0 Å². The zero-order valence-corrected chi connectivity index (χ0v) is 14.7. The van der Waals surface area contributed by atoms with E-state index in [2.05, 4.69) is 0 Å². The zero-order valence-electron chi connectivity index (χ0n) is 14.7. The van der Waals surface area contributed by atoms with Crippen LogP contribution in [-0.2, 0) is 4.74 Å². The van der Waals surface area contributed by atoms with Gasteiger partial charge in [0.2, 0.25) is 5.76 Å². The number of benzene rings is 2. The van der Waals surface area contributed by atoms with Crippen LogP contribution in [0.5, 0.6) is 0 Å². The fraction of sp³-hybridized carbons (Fsp3) is 0.0952. The number of hydrogen-bond donors (Lipinski definition) is 0. The highest BCUT2D eigenvalue weighted by atomic mass is 19.2. The normalized spacial score (nSPS) is 10.5. The van der Waals surface area contributed by atoms with Gasteiger partial charge < -0.3 is 9.15 Å². The predicted octanol–water partition coefficient (Wildman–Crippen LogP) is 4.47. The summed E-state index contributed by atoms with van der Waals surface area (Å²) in [7, 11) is 0. The summed E-state index contributed by atoms with van der Waals surface area (Å²) in [5.74, 6) is -3.60. The Bertz CT molecular complexity index is 1050. The van der Waals surface area contributed by atoms with Gasteiger partial charge in [0.05, 0.1) is 0 Å². The minimum atomic E-state index is -1.16. The Morgan fingerprint density at radius 2 is 1.57 bits per heavy atom. The molecule has 28 heavy (non-hydrogen) atoms. The molecule has 0 spiro atoms. The lowest BCUT2D eigenvalue weighted by molar-refractivity contribution is 0.0444. The number of hydrogen-bond acceptors (Lipinski definition) is 5. The number of halogens is 2. The highest BCUT2D eigenvalue weighted by Crippen LogP contribution is 2.23. The maximum absolute atomic E-state index is 13.2. The van der Waals surface area contributed by atoms with Crippen molar-refractivity contribution >= 4 is 17.5 Å². The lowest BCUT2D eigenvalue weighted by Gasteiger charge is -2.03. The van der Waals surface area contributed by atoms with E-state index in [1.165, 1.54) is 13.0 Å². The summed E-state index contributed by atoms with van der Waals surface area (Å²) in [6.07, 6.45) is 0. The summed E-state index contributed by atoms with van der Waals surface area (Å²) < 4.78 is 36.4. The van der Waals surface area contributed by atoms with E-state index in [0.29, 0.717) is 16.9 Å². The maximum Gasteiger partial charge on any atom is 0.374 e. The Morgan fingerprint density at radius 1 is 0.893 bits per heavy atom. The first-order valence-corrected chi connectivity index (χ1v) is 8.22. The Balaban J connectivity index is 1.64. The summed E-state index contributed by atoms with van der Waals surface area (Å²) in [4.78, 5) is 35.3. The van der Waals surface area contributed by atoms with Crippen LogP contribution < -0.4 is 0 Å².